The van der Waals surface area contributed by atoms with Gasteiger partial charge in [0.2, 0.25) is 0 Å². The summed E-state index contributed by atoms with van der Waals surface area (Å²) in [5.74, 6) is 1.54. The van der Waals surface area contributed by atoms with Crippen molar-refractivity contribution in [2.24, 2.45) is 5.92 Å². The van der Waals surface area contributed by atoms with Gasteiger partial charge in [0.05, 0.1) is 38.4 Å². The maximum absolute atomic E-state index is 13.2. The van der Waals surface area contributed by atoms with Gasteiger partial charge in [-0.2, -0.15) is 0 Å². The van der Waals surface area contributed by atoms with Crippen LogP contribution in [-0.4, -0.2) is 53.8 Å². The number of imidazole rings is 1. The molecule has 1 aromatic heterocycles. The van der Waals surface area contributed by atoms with Gasteiger partial charge in [0.15, 0.2) is 11.5 Å². The zero-order chi connectivity index (χ0) is 17.9. The molecule has 0 spiro atoms. The van der Waals surface area contributed by atoms with Crippen LogP contribution in [0.3, 0.4) is 0 Å². The van der Waals surface area contributed by atoms with Gasteiger partial charge >= 0.3 is 0 Å². The van der Waals surface area contributed by atoms with Crippen LogP contribution in [0.15, 0.2) is 30.7 Å². The second kappa shape index (κ2) is 7.37. The Kier molecular flexibility index (Phi) is 4.79. The molecule has 0 saturated heterocycles. The molecule has 2 aliphatic rings. The molecule has 1 unspecified atom stereocenters. The molecule has 0 bridgehead atoms. The zero-order valence-electron chi connectivity index (χ0n) is 14.9. The van der Waals surface area contributed by atoms with Crippen LogP contribution in [0.1, 0.15) is 22.5 Å². The molecule has 0 fully saturated rings. The van der Waals surface area contributed by atoms with Gasteiger partial charge in [0.1, 0.15) is 0 Å². The maximum atomic E-state index is 13.2. The average Bonchev–Trinajstić information content (AvgIpc) is 2.86. The van der Waals surface area contributed by atoms with Crippen molar-refractivity contribution in [3.63, 3.8) is 0 Å². The smallest absolute Gasteiger partial charge is 0.254 e. The number of methoxy groups -OCH3 is 1. The van der Waals surface area contributed by atoms with Crippen molar-refractivity contribution in [1.29, 1.82) is 0 Å². The fraction of sp³-hybridized carbons (Fsp3) is 0.474. The molecule has 1 aromatic carbocycles. The molecule has 0 radical (unpaired) electrons. The number of carbonyl (C=O) groups is 1. The van der Waals surface area contributed by atoms with E-state index in [4.69, 9.17) is 14.2 Å². The van der Waals surface area contributed by atoms with Crippen molar-refractivity contribution in [2.45, 2.75) is 19.5 Å². The van der Waals surface area contributed by atoms with E-state index in [0.29, 0.717) is 50.0 Å². The van der Waals surface area contributed by atoms with Gasteiger partial charge in [0.25, 0.3) is 5.91 Å². The number of amides is 1. The first-order valence-corrected chi connectivity index (χ1v) is 8.91. The fourth-order valence-corrected chi connectivity index (χ4v) is 3.53. The van der Waals surface area contributed by atoms with Crippen LogP contribution in [0.5, 0.6) is 11.5 Å². The van der Waals surface area contributed by atoms with Crippen LogP contribution in [0.25, 0.3) is 0 Å². The molecule has 0 saturated carbocycles. The summed E-state index contributed by atoms with van der Waals surface area (Å²) in [7, 11) is 1.69. The van der Waals surface area contributed by atoms with Gasteiger partial charge < -0.3 is 23.7 Å². The molecule has 26 heavy (non-hydrogen) atoms. The third-order valence-electron chi connectivity index (χ3n) is 4.77. The summed E-state index contributed by atoms with van der Waals surface area (Å²) in [6.45, 7) is 3.81. The first-order chi connectivity index (χ1) is 12.7. The number of ether oxygens (including phenoxy) is 3. The minimum Gasteiger partial charge on any atom is -0.490 e. The quantitative estimate of drug-likeness (QED) is 0.840. The lowest BCUT2D eigenvalue weighted by molar-refractivity contribution is 0.0667. The average molecular weight is 357 g/mol. The Labute approximate surface area is 152 Å². The number of rotatable bonds is 3. The monoisotopic (exact) mass is 357 g/mol. The van der Waals surface area contributed by atoms with Crippen LogP contribution in [-0.2, 0) is 17.8 Å². The number of nitrogens with zero attached hydrogens (tertiary/aromatic N) is 3. The molecule has 0 aliphatic carbocycles. The number of carbonyl (C=O) groups excluding carboxylic acids is 1. The second-order valence-corrected chi connectivity index (χ2v) is 6.76. The molecule has 1 atom stereocenters. The molecule has 0 N–H and O–H groups in total. The molecule has 1 amide bonds. The van der Waals surface area contributed by atoms with Gasteiger partial charge in [-0.25, -0.2) is 4.98 Å². The largest absolute Gasteiger partial charge is 0.490 e. The number of aromatic nitrogens is 2. The van der Waals surface area contributed by atoms with E-state index in [0.717, 1.165) is 18.7 Å². The van der Waals surface area contributed by atoms with Crippen LogP contribution >= 0.6 is 0 Å². The van der Waals surface area contributed by atoms with E-state index >= 15 is 0 Å². The Morgan fingerprint density at radius 2 is 2.12 bits per heavy atom. The molecule has 7 nitrogen and oxygen atoms in total. The topological polar surface area (TPSA) is 65.8 Å². The van der Waals surface area contributed by atoms with Crippen LogP contribution in [0.2, 0.25) is 0 Å². The summed E-state index contributed by atoms with van der Waals surface area (Å²) in [6.07, 6.45) is 4.48. The third kappa shape index (κ3) is 3.39. The second-order valence-electron chi connectivity index (χ2n) is 6.76. The molecule has 138 valence electrons. The van der Waals surface area contributed by atoms with Crippen LogP contribution in [0.4, 0.5) is 0 Å². The van der Waals surface area contributed by atoms with E-state index in [1.165, 1.54) is 0 Å². The van der Waals surface area contributed by atoms with E-state index < -0.39 is 0 Å². The van der Waals surface area contributed by atoms with Gasteiger partial charge in [-0.3, -0.25) is 4.79 Å². The van der Waals surface area contributed by atoms with Gasteiger partial charge in [0, 0.05) is 44.3 Å². The Morgan fingerprint density at radius 1 is 1.27 bits per heavy atom. The molecule has 7 heteroatoms. The molecule has 2 aromatic rings. The maximum Gasteiger partial charge on any atom is 0.254 e. The standard InChI is InChI=1S/C19H23N3O4/c1-24-12-14-9-21(11-16-8-20-13-22(16)10-14)19(23)15-3-4-17-18(7-15)26-6-2-5-25-17/h3-4,7-8,13-14H,2,5-6,9-12H2,1H3. The van der Waals surface area contributed by atoms with Gasteiger partial charge in [-0.05, 0) is 18.2 Å². The van der Waals surface area contributed by atoms with Crippen molar-refractivity contribution in [3.05, 3.63) is 42.0 Å². The Bertz CT molecular complexity index is 789. The van der Waals surface area contributed by atoms with Crippen molar-refractivity contribution >= 4 is 5.91 Å². The minimum absolute atomic E-state index is 0.0172. The van der Waals surface area contributed by atoms with Crippen LogP contribution in [0, 0.1) is 5.92 Å². The zero-order valence-corrected chi connectivity index (χ0v) is 14.9. The summed E-state index contributed by atoms with van der Waals surface area (Å²) in [5, 5.41) is 0. The number of hydrogen-bond acceptors (Lipinski definition) is 5. The highest BCUT2D eigenvalue weighted by Gasteiger charge is 2.26. The third-order valence-corrected chi connectivity index (χ3v) is 4.77. The van der Waals surface area contributed by atoms with E-state index in [1.54, 1.807) is 13.2 Å². The highest BCUT2D eigenvalue weighted by Crippen LogP contribution is 2.31. The predicted octanol–water partition coefficient (Wildman–Crippen LogP) is 1.96. The molecule has 2 aliphatic heterocycles. The summed E-state index contributed by atoms with van der Waals surface area (Å²) in [5.41, 5.74) is 1.64. The molecular weight excluding hydrogens is 334 g/mol. The Balaban J connectivity index is 1.59. The Hall–Kier alpha value is -2.54. The van der Waals surface area contributed by atoms with Crippen molar-refractivity contribution in [1.82, 2.24) is 14.5 Å². The minimum atomic E-state index is -0.0172. The lowest BCUT2D eigenvalue weighted by Gasteiger charge is -2.24. The molecule has 4 rings (SSSR count). The number of benzene rings is 1. The summed E-state index contributed by atoms with van der Waals surface area (Å²) >= 11 is 0. The highest BCUT2D eigenvalue weighted by molar-refractivity contribution is 5.95. The summed E-state index contributed by atoms with van der Waals surface area (Å²) < 4.78 is 18.8. The lowest BCUT2D eigenvalue weighted by atomic mass is 10.1. The molecular formula is C19H23N3O4. The van der Waals surface area contributed by atoms with E-state index in [2.05, 4.69) is 9.55 Å². The van der Waals surface area contributed by atoms with E-state index in [1.807, 2.05) is 29.6 Å². The molecule has 3 heterocycles. The van der Waals surface area contributed by atoms with Gasteiger partial charge in [-0.1, -0.05) is 0 Å². The highest BCUT2D eigenvalue weighted by atomic mass is 16.5. The Morgan fingerprint density at radius 3 is 2.96 bits per heavy atom. The summed E-state index contributed by atoms with van der Waals surface area (Å²) in [6, 6.07) is 5.42. The fourth-order valence-electron chi connectivity index (χ4n) is 3.53. The van der Waals surface area contributed by atoms with Crippen LogP contribution < -0.4 is 9.47 Å². The normalized spacial score (nSPS) is 19.4. The summed E-state index contributed by atoms with van der Waals surface area (Å²) in [4.78, 5) is 19.3. The van der Waals surface area contributed by atoms with Crippen molar-refractivity contribution in [2.75, 3.05) is 33.5 Å². The first-order valence-electron chi connectivity index (χ1n) is 8.91. The predicted molar refractivity (Wildman–Crippen MR) is 94.4 cm³/mol. The SMILES string of the molecule is COCC1CN(C(=O)c2ccc3c(c2)OCCCO3)Cc2cncn2C1. The lowest BCUT2D eigenvalue weighted by Crippen LogP contribution is -2.35. The van der Waals surface area contributed by atoms with Crippen molar-refractivity contribution < 1.29 is 19.0 Å². The van der Waals surface area contributed by atoms with E-state index in [9.17, 15) is 4.79 Å². The van der Waals surface area contributed by atoms with E-state index in [-0.39, 0.29) is 11.8 Å². The van der Waals surface area contributed by atoms with Crippen molar-refractivity contribution in [3.8, 4) is 11.5 Å². The number of hydrogen-bond donors (Lipinski definition) is 0. The number of fused-ring (bicyclic) bond motifs is 2. The van der Waals surface area contributed by atoms with Gasteiger partial charge in [-0.15, -0.1) is 0 Å². The first kappa shape index (κ1) is 16.9.